The van der Waals surface area contributed by atoms with Crippen molar-refractivity contribution in [2.75, 3.05) is 19.4 Å². The minimum absolute atomic E-state index is 0.192. The first-order chi connectivity index (χ1) is 14.7. The van der Waals surface area contributed by atoms with Gasteiger partial charge in [-0.3, -0.25) is 9.59 Å². The Morgan fingerprint density at radius 3 is 2.45 bits per heavy atom. The summed E-state index contributed by atoms with van der Waals surface area (Å²) in [6, 6.07) is 10.7. The molecule has 0 bridgehead atoms. The number of nitrogens with one attached hydrogen (secondary N) is 1. The first kappa shape index (κ1) is 22.2. The Kier molecular flexibility index (Phi) is 6.56. The summed E-state index contributed by atoms with van der Waals surface area (Å²) in [6.07, 6.45) is 3.04. The number of halogens is 2. The molecule has 1 aromatic heterocycles. The van der Waals surface area contributed by atoms with Gasteiger partial charge in [0, 0.05) is 37.0 Å². The van der Waals surface area contributed by atoms with Gasteiger partial charge in [-0.25, -0.2) is 9.07 Å². The van der Waals surface area contributed by atoms with Crippen LogP contribution in [0.15, 0.2) is 48.5 Å². The van der Waals surface area contributed by atoms with Crippen LogP contribution >= 0.6 is 11.6 Å². The van der Waals surface area contributed by atoms with Gasteiger partial charge in [-0.1, -0.05) is 11.6 Å². The molecule has 6 nitrogen and oxygen atoms in total. The fraction of sp³-hybridized carbons (Fsp3) is 0.174. The first-order valence-electron chi connectivity index (χ1n) is 9.50. The molecule has 0 unspecified atom stereocenters. The molecule has 2 amide bonds. The third-order valence-corrected chi connectivity index (χ3v) is 5.03. The third-order valence-electron chi connectivity index (χ3n) is 4.70. The van der Waals surface area contributed by atoms with Gasteiger partial charge in [-0.2, -0.15) is 5.10 Å². The maximum Gasteiger partial charge on any atom is 0.253 e. The zero-order chi connectivity index (χ0) is 22.7. The van der Waals surface area contributed by atoms with E-state index in [1.54, 1.807) is 55.2 Å². The molecule has 0 saturated carbocycles. The van der Waals surface area contributed by atoms with Crippen molar-refractivity contribution in [3.05, 3.63) is 81.9 Å². The molecule has 3 rings (SSSR count). The monoisotopic (exact) mass is 440 g/mol. The Morgan fingerprint density at radius 2 is 1.81 bits per heavy atom. The SMILES string of the molecule is Cc1nn(-c2ccc(F)cc2)c(C)c1/C=C/C(=O)Nc1cc(C(=O)N(C)C)ccc1Cl. The van der Waals surface area contributed by atoms with Crippen LogP contribution in [0.2, 0.25) is 5.02 Å². The van der Waals surface area contributed by atoms with Crippen LogP contribution < -0.4 is 5.32 Å². The highest BCUT2D eigenvalue weighted by Crippen LogP contribution is 2.24. The zero-order valence-electron chi connectivity index (χ0n) is 17.6. The molecule has 0 spiro atoms. The van der Waals surface area contributed by atoms with Gasteiger partial charge in [-0.05, 0) is 62.4 Å². The topological polar surface area (TPSA) is 67.2 Å². The van der Waals surface area contributed by atoms with E-state index in [4.69, 9.17) is 11.6 Å². The van der Waals surface area contributed by atoms with Crippen molar-refractivity contribution in [1.29, 1.82) is 0 Å². The molecule has 3 aromatic rings. The van der Waals surface area contributed by atoms with E-state index in [1.165, 1.54) is 23.1 Å². The Bertz CT molecular complexity index is 1170. The number of nitrogens with zero attached hydrogens (tertiary/aromatic N) is 3. The smallest absolute Gasteiger partial charge is 0.253 e. The van der Waals surface area contributed by atoms with Gasteiger partial charge in [0.2, 0.25) is 5.91 Å². The van der Waals surface area contributed by atoms with Crippen LogP contribution in [0.25, 0.3) is 11.8 Å². The van der Waals surface area contributed by atoms with E-state index < -0.39 is 5.91 Å². The van der Waals surface area contributed by atoms with Crippen LogP contribution in [0.5, 0.6) is 0 Å². The van der Waals surface area contributed by atoms with Crippen LogP contribution in [0, 0.1) is 19.7 Å². The average molecular weight is 441 g/mol. The van der Waals surface area contributed by atoms with Crippen LogP contribution in [0.4, 0.5) is 10.1 Å². The maximum absolute atomic E-state index is 13.2. The van der Waals surface area contributed by atoms with Gasteiger partial charge in [0.15, 0.2) is 0 Å². The molecule has 2 aromatic carbocycles. The zero-order valence-corrected chi connectivity index (χ0v) is 18.4. The van der Waals surface area contributed by atoms with Gasteiger partial charge in [-0.15, -0.1) is 0 Å². The maximum atomic E-state index is 13.2. The highest BCUT2D eigenvalue weighted by molar-refractivity contribution is 6.34. The fourth-order valence-corrected chi connectivity index (χ4v) is 3.24. The van der Waals surface area contributed by atoms with Crippen LogP contribution in [0.1, 0.15) is 27.3 Å². The van der Waals surface area contributed by atoms with Gasteiger partial charge < -0.3 is 10.2 Å². The fourth-order valence-electron chi connectivity index (χ4n) is 3.08. The third kappa shape index (κ3) is 5.00. The van der Waals surface area contributed by atoms with E-state index in [0.717, 1.165) is 22.6 Å². The molecule has 0 fully saturated rings. The Labute approximate surface area is 184 Å². The summed E-state index contributed by atoms with van der Waals surface area (Å²) in [5.74, 6) is -0.913. The van der Waals surface area contributed by atoms with Crippen molar-refractivity contribution in [3.8, 4) is 5.69 Å². The number of carbonyl (C=O) groups is 2. The summed E-state index contributed by atoms with van der Waals surface area (Å²) in [7, 11) is 3.30. The lowest BCUT2D eigenvalue weighted by atomic mass is 10.1. The second-order valence-electron chi connectivity index (χ2n) is 7.19. The lowest BCUT2D eigenvalue weighted by molar-refractivity contribution is -0.111. The standard InChI is InChI=1S/C23H22ClFN4O2/c1-14-19(15(2)29(27-14)18-8-6-17(25)7-9-18)10-12-22(30)26-21-13-16(5-11-20(21)24)23(31)28(3)4/h5-13H,1-4H3,(H,26,30)/b12-10+. The van der Waals surface area contributed by atoms with E-state index in [1.807, 2.05) is 13.8 Å². The molecule has 0 radical (unpaired) electrons. The molecular formula is C23H22ClFN4O2. The molecule has 1 N–H and O–H groups in total. The molecule has 160 valence electrons. The molecular weight excluding hydrogens is 419 g/mol. The van der Waals surface area contributed by atoms with Crippen LogP contribution in [-0.2, 0) is 4.79 Å². The Balaban J connectivity index is 1.80. The number of aromatic nitrogens is 2. The molecule has 0 aliphatic heterocycles. The van der Waals surface area contributed by atoms with E-state index in [-0.39, 0.29) is 11.7 Å². The molecule has 1 heterocycles. The number of benzene rings is 2. The lowest BCUT2D eigenvalue weighted by Gasteiger charge is -2.12. The van der Waals surface area contributed by atoms with Crippen LogP contribution in [-0.4, -0.2) is 40.6 Å². The Morgan fingerprint density at radius 1 is 1.13 bits per heavy atom. The summed E-state index contributed by atoms with van der Waals surface area (Å²) in [4.78, 5) is 26.1. The van der Waals surface area contributed by atoms with Gasteiger partial charge >= 0.3 is 0 Å². The van der Waals surface area contributed by atoms with E-state index in [2.05, 4.69) is 10.4 Å². The van der Waals surface area contributed by atoms with E-state index in [0.29, 0.717) is 16.3 Å². The quantitative estimate of drug-likeness (QED) is 0.588. The van der Waals surface area contributed by atoms with Crippen LogP contribution in [0.3, 0.4) is 0 Å². The number of hydrogen-bond acceptors (Lipinski definition) is 3. The summed E-state index contributed by atoms with van der Waals surface area (Å²) in [5, 5.41) is 7.51. The second kappa shape index (κ2) is 9.14. The van der Waals surface area contributed by atoms with Crippen molar-refractivity contribution in [2.45, 2.75) is 13.8 Å². The van der Waals surface area contributed by atoms with Crippen molar-refractivity contribution < 1.29 is 14.0 Å². The van der Waals surface area contributed by atoms with Crippen molar-refractivity contribution >= 4 is 35.2 Å². The molecule has 8 heteroatoms. The number of rotatable bonds is 5. The van der Waals surface area contributed by atoms with Gasteiger partial charge in [0.25, 0.3) is 5.91 Å². The minimum Gasteiger partial charge on any atom is -0.345 e. The molecule has 0 saturated heterocycles. The number of aryl methyl sites for hydroxylation is 1. The summed E-state index contributed by atoms with van der Waals surface area (Å²) in [5.41, 5.74) is 3.80. The number of anilines is 1. The molecule has 0 aliphatic rings. The largest absolute Gasteiger partial charge is 0.345 e. The molecule has 0 atom stereocenters. The van der Waals surface area contributed by atoms with Gasteiger partial charge in [0.05, 0.1) is 22.1 Å². The second-order valence-corrected chi connectivity index (χ2v) is 7.60. The average Bonchev–Trinajstić information content (AvgIpc) is 3.01. The predicted molar refractivity (Wildman–Crippen MR) is 120 cm³/mol. The molecule has 0 aliphatic carbocycles. The number of hydrogen-bond donors (Lipinski definition) is 1. The lowest BCUT2D eigenvalue weighted by Crippen LogP contribution is -2.21. The normalized spacial score (nSPS) is 11.0. The summed E-state index contributed by atoms with van der Waals surface area (Å²) < 4.78 is 14.9. The van der Waals surface area contributed by atoms with E-state index in [9.17, 15) is 14.0 Å². The summed E-state index contributed by atoms with van der Waals surface area (Å²) >= 11 is 6.17. The number of amides is 2. The summed E-state index contributed by atoms with van der Waals surface area (Å²) in [6.45, 7) is 3.70. The van der Waals surface area contributed by atoms with Crippen molar-refractivity contribution in [3.63, 3.8) is 0 Å². The number of carbonyl (C=O) groups excluding carboxylic acids is 2. The highest BCUT2D eigenvalue weighted by atomic mass is 35.5. The Hall–Kier alpha value is -3.45. The predicted octanol–water partition coefficient (Wildman–Crippen LogP) is 4.64. The highest BCUT2D eigenvalue weighted by Gasteiger charge is 2.13. The first-order valence-corrected chi connectivity index (χ1v) is 9.87. The van der Waals surface area contributed by atoms with Crippen molar-refractivity contribution in [1.82, 2.24) is 14.7 Å². The van der Waals surface area contributed by atoms with Crippen molar-refractivity contribution in [2.24, 2.45) is 0 Å². The minimum atomic E-state index is -0.398. The van der Waals surface area contributed by atoms with Gasteiger partial charge in [0.1, 0.15) is 5.82 Å². The van der Waals surface area contributed by atoms with E-state index >= 15 is 0 Å². The molecule has 31 heavy (non-hydrogen) atoms.